The molecule has 6 heteroatoms. The fourth-order valence-electron chi connectivity index (χ4n) is 1.28. The number of amides is 1. The van der Waals surface area contributed by atoms with Gasteiger partial charge in [0.25, 0.3) is 0 Å². The van der Waals surface area contributed by atoms with Gasteiger partial charge < -0.3 is 14.8 Å². The molecule has 0 aliphatic heterocycles. The normalized spacial score (nSPS) is 13.1. The molecular formula is C12H17NO4S. The molecule has 1 amide bonds. The van der Waals surface area contributed by atoms with Gasteiger partial charge in [-0.25, -0.2) is 0 Å². The summed E-state index contributed by atoms with van der Waals surface area (Å²) in [5, 5.41) is 11.2. The van der Waals surface area contributed by atoms with Crippen LogP contribution in [0, 0.1) is 0 Å². The zero-order valence-electron chi connectivity index (χ0n) is 10.6. The topological polar surface area (TPSA) is 79.5 Å². The van der Waals surface area contributed by atoms with Gasteiger partial charge >= 0.3 is 5.97 Å². The van der Waals surface area contributed by atoms with Gasteiger partial charge in [0.15, 0.2) is 0 Å². The van der Waals surface area contributed by atoms with Crippen LogP contribution in [-0.4, -0.2) is 27.0 Å². The maximum atomic E-state index is 11.8. The highest BCUT2D eigenvalue weighted by molar-refractivity contribution is 8.02. The minimum atomic E-state index is -0.985. The number of hydrogen-bond acceptors (Lipinski definition) is 4. The predicted molar refractivity (Wildman–Crippen MR) is 69.3 cm³/mol. The molecule has 2 N–H and O–H groups in total. The van der Waals surface area contributed by atoms with E-state index < -0.39 is 16.0 Å². The third kappa shape index (κ3) is 4.10. The van der Waals surface area contributed by atoms with E-state index in [9.17, 15) is 9.59 Å². The maximum absolute atomic E-state index is 11.8. The van der Waals surface area contributed by atoms with E-state index in [0.717, 1.165) is 11.8 Å². The van der Waals surface area contributed by atoms with Gasteiger partial charge in [0.1, 0.15) is 10.5 Å². The summed E-state index contributed by atoms with van der Waals surface area (Å²) < 4.78 is 4.10. The van der Waals surface area contributed by atoms with Gasteiger partial charge in [-0.15, -0.1) is 11.8 Å². The predicted octanol–water partition coefficient (Wildman–Crippen LogP) is 1.88. The third-order valence-electron chi connectivity index (χ3n) is 2.37. The molecule has 0 aliphatic carbocycles. The highest BCUT2D eigenvalue weighted by atomic mass is 32.2. The van der Waals surface area contributed by atoms with Crippen molar-refractivity contribution in [1.29, 1.82) is 0 Å². The number of carbonyl (C=O) groups is 2. The molecular weight excluding hydrogens is 254 g/mol. The smallest absolute Gasteiger partial charge is 0.319 e. The lowest BCUT2D eigenvalue weighted by atomic mass is 10.2. The lowest BCUT2D eigenvalue weighted by Crippen LogP contribution is -2.36. The second kappa shape index (κ2) is 5.95. The van der Waals surface area contributed by atoms with E-state index >= 15 is 0 Å². The highest BCUT2D eigenvalue weighted by Gasteiger charge is 2.32. The monoisotopic (exact) mass is 271 g/mol. The number of rotatable bonds is 6. The lowest BCUT2D eigenvalue weighted by molar-refractivity contribution is -0.138. The third-order valence-corrected chi connectivity index (χ3v) is 3.70. The fourth-order valence-corrected chi connectivity index (χ4v) is 2.45. The van der Waals surface area contributed by atoms with E-state index in [2.05, 4.69) is 5.32 Å². The first kappa shape index (κ1) is 14.6. The molecule has 0 aromatic carbocycles. The van der Waals surface area contributed by atoms with Crippen molar-refractivity contribution in [1.82, 2.24) is 5.32 Å². The zero-order chi connectivity index (χ0) is 13.8. The first-order chi connectivity index (χ1) is 8.33. The minimum Gasteiger partial charge on any atom is -0.480 e. The molecule has 0 saturated carbocycles. The number of carbonyl (C=O) groups excluding carboxylic acids is 1. The molecule has 5 nitrogen and oxygen atoms in total. The average molecular weight is 271 g/mol. The van der Waals surface area contributed by atoms with Crippen LogP contribution in [0.1, 0.15) is 26.5 Å². The first-order valence-electron chi connectivity index (χ1n) is 5.54. The van der Waals surface area contributed by atoms with Crippen LogP contribution < -0.4 is 5.32 Å². The molecule has 0 bridgehead atoms. The number of hydrogen-bond donors (Lipinski definition) is 2. The summed E-state index contributed by atoms with van der Waals surface area (Å²) in [7, 11) is 0. The van der Waals surface area contributed by atoms with Crippen LogP contribution in [0.25, 0.3) is 0 Å². The molecule has 0 spiro atoms. The zero-order valence-corrected chi connectivity index (χ0v) is 11.4. The summed E-state index contributed by atoms with van der Waals surface area (Å²) in [5.74, 6) is -0.470. The Morgan fingerprint density at radius 3 is 2.72 bits per heavy atom. The highest BCUT2D eigenvalue weighted by Crippen LogP contribution is 2.29. The van der Waals surface area contributed by atoms with E-state index in [4.69, 9.17) is 9.52 Å². The number of carboxylic acid groups (broad SMARTS) is 1. The van der Waals surface area contributed by atoms with Crippen molar-refractivity contribution < 1.29 is 19.1 Å². The standard InChI is InChI=1S/C12H17NO4S/c1-8(18-12(2,3)11(15)16)10(14)13-7-9-5-4-6-17-9/h4-6,8H,7H2,1-3H3,(H,13,14)(H,15,16). The number of nitrogens with one attached hydrogen (secondary N) is 1. The summed E-state index contributed by atoms with van der Waals surface area (Å²) >= 11 is 1.11. The van der Waals surface area contributed by atoms with Crippen molar-refractivity contribution in [3.05, 3.63) is 24.2 Å². The molecule has 1 heterocycles. The summed E-state index contributed by atoms with van der Waals surface area (Å²) in [4.78, 5) is 22.7. The summed E-state index contributed by atoms with van der Waals surface area (Å²) in [6.45, 7) is 5.16. The lowest BCUT2D eigenvalue weighted by Gasteiger charge is -2.22. The van der Waals surface area contributed by atoms with Gasteiger partial charge in [-0.05, 0) is 32.9 Å². The largest absolute Gasteiger partial charge is 0.480 e. The number of thioether (sulfide) groups is 1. The molecule has 0 radical (unpaired) electrons. The van der Waals surface area contributed by atoms with Crippen molar-refractivity contribution in [2.75, 3.05) is 0 Å². The molecule has 1 atom stereocenters. The number of furan rings is 1. The van der Waals surface area contributed by atoms with Crippen molar-refractivity contribution in [2.45, 2.75) is 37.3 Å². The SMILES string of the molecule is CC(SC(C)(C)C(=O)O)C(=O)NCc1ccco1. The van der Waals surface area contributed by atoms with Crippen molar-refractivity contribution in [2.24, 2.45) is 0 Å². The van der Waals surface area contributed by atoms with Crippen LogP contribution in [0.15, 0.2) is 22.8 Å². The summed E-state index contributed by atoms with van der Waals surface area (Å²) in [6.07, 6.45) is 1.53. The Labute approximate surface area is 110 Å². The van der Waals surface area contributed by atoms with E-state index in [1.807, 2.05) is 0 Å². The maximum Gasteiger partial charge on any atom is 0.319 e. The molecule has 1 unspecified atom stereocenters. The average Bonchev–Trinajstić information content (AvgIpc) is 2.77. The van der Waals surface area contributed by atoms with E-state index in [-0.39, 0.29) is 5.91 Å². The van der Waals surface area contributed by atoms with Crippen LogP contribution in [0.5, 0.6) is 0 Å². The van der Waals surface area contributed by atoms with Crippen LogP contribution >= 0.6 is 11.8 Å². The molecule has 1 aromatic rings. The Morgan fingerprint density at radius 2 is 2.22 bits per heavy atom. The fraction of sp³-hybridized carbons (Fsp3) is 0.500. The quantitative estimate of drug-likeness (QED) is 0.825. The van der Waals surface area contributed by atoms with Crippen LogP contribution in [0.4, 0.5) is 0 Å². The Bertz CT molecular complexity index is 414. The van der Waals surface area contributed by atoms with Gasteiger partial charge in [-0.2, -0.15) is 0 Å². The van der Waals surface area contributed by atoms with Crippen molar-refractivity contribution >= 4 is 23.6 Å². The Kier molecular flexibility index (Phi) is 4.84. The molecule has 18 heavy (non-hydrogen) atoms. The minimum absolute atomic E-state index is 0.203. The number of carboxylic acids is 1. The summed E-state index contributed by atoms with van der Waals surface area (Å²) in [5.41, 5.74) is 0. The van der Waals surface area contributed by atoms with E-state index in [0.29, 0.717) is 12.3 Å². The van der Waals surface area contributed by atoms with Crippen molar-refractivity contribution in [3.8, 4) is 0 Å². The summed E-state index contributed by atoms with van der Waals surface area (Å²) in [6, 6.07) is 3.51. The molecule has 0 fully saturated rings. The Balaban J connectivity index is 2.44. The van der Waals surface area contributed by atoms with Crippen molar-refractivity contribution in [3.63, 3.8) is 0 Å². The molecule has 1 rings (SSSR count). The molecule has 1 aromatic heterocycles. The van der Waals surface area contributed by atoms with Crippen LogP contribution in [-0.2, 0) is 16.1 Å². The second-order valence-corrected chi connectivity index (χ2v) is 6.34. The van der Waals surface area contributed by atoms with Gasteiger partial charge in [-0.1, -0.05) is 0 Å². The van der Waals surface area contributed by atoms with Gasteiger partial charge in [0.05, 0.1) is 18.1 Å². The van der Waals surface area contributed by atoms with Gasteiger partial charge in [0.2, 0.25) is 5.91 Å². The Morgan fingerprint density at radius 1 is 1.56 bits per heavy atom. The first-order valence-corrected chi connectivity index (χ1v) is 6.42. The molecule has 0 aliphatic rings. The molecule has 0 saturated heterocycles. The van der Waals surface area contributed by atoms with Gasteiger partial charge in [-0.3, -0.25) is 9.59 Å². The van der Waals surface area contributed by atoms with Crippen LogP contribution in [0.2, 0.25) is 0 Å². The Hall–Kier alpha value is -1.43. The van der Waals surface area contributed by atoms with E-state index in [1.54, 1.807) is 32.9 Å². The second-order valence-electron chi connectivity index (χ2n) is 4.37. The van der Waals surface area contributed by atoms with Gasteiger partial charge in [0, 0.05) is 0 Å². The molecule has 100 valence electrons. The van der Waals surface area contributed by atoms with E-state index in [1.165, 1.54) is 6.26 Å². The number of aliphatic carboxylic acids is 1. The van der Waals surface area contributed by atoms with Crippen LogP contribution in [0.3, 0.4) is 0 Å².